The summed E-state index contributed by atoms with van der Waals surface area (Å²) in [4.78, 5) is 14.1. The summed E-state index contributed by atoms with van der Waals surface area (Å²) in [6.45, 7) is 3.41. The van der Waals surface area contributed by atoms with Crippen LogP contribution in [-0.4, -0.2) is 38.9 Å². The second kappa shape index (κ2) is 6.33. The first-order valence-electron chi connectivity index (χ1n) is 6.61. The predicted octanol–water partition coefficient (Wildman–Crippen LogP) is 2.32. The number of nitrogens with two attached hydrogens (primary N) is 1. The third kappa shape index (κ3) is 2.99. The van der Waals surface area contributed by atoms with E-state index in [4.69, 9.17) is 26.8 Å². The van der Waals surface area contributed by atoms with Crippen molar-refractivity contribution in [2.75, 3.05) is 37.5 Å². The number of ether oxygens (including phenoxy) is 2. The van der Waals surface area contributed by atoms with Gasteiger partial charge in [0, 0.05) is 19.3 Å². The molecule has 0 amide bonds. The number of carbonyl (C=O) groups is 1. The van der Waals surface area contributed by atoms with Crippen LogP contribution in [0.25, 0.3) is 0 Å². The number of rotatable bonds is 4. The molecule has 1 fully saturated rings. The highest BCUT2D eigenvalue weighted by Crippen LogP contribution is 2.34. The minimum absolute atomic E-state index is 0.198. The fraction of sp³-hybridized carbons (Fsp3) is 0.500. The summed E-state index contributed by atoms with van der Waals surface area (Å²) in [7, 11) is 1.90. The number of carbonyl (C=O) groups excluding carboxylic acids is 1. The molecule has 1 unspecified atom stereocenters. The van der Waals surface area contributed by atoms with E-state index in [1.165, 1.54) is 0 Å². The van der Waals surface area contributed by atoms with Crippen molar-refractivity contribution >= 4 is 28.9 Å². The van der Waals surface area contributed by atoms with E-state index in [0.29, 0.717) is 35.2 Å². The van der Waals surface area contributed by atoms with Gasteiger partial charge in [-0.25, -0.2) is 4.79 Å². The van der Waals surface area contributed by atoms with Crippen molar-refractivity contribution in [3.05, 3.63) is 22.7 Å². The molecule has 0 radical (unpaired) electrons. The molecule has 1 aliphatic heterocycles. The molecule has 20 heavy (non-hydrogen) atoms. The number of benzene rings is 1. The Morgan fingerprint density at radius 2 is 2.35 bits per heavy atom. The van der Waals surface area contributed by atoms with Crippen LogP contribution in [-0.2, 0) is 9.47 Å². The highest BCUT2D eigenvalue weighted by Gasteiger charge is 2.26. The molecule has 5 nitrogen and oxygen atoms in total. The normalized spacial score (nSPS) is 18.1. The predicted molar refractivity (Wildman–Crippen MR) is 79.4 cm³/mol. The van der Waals surface area contributed by atoms with Crippen LogP contribution >= 0.6 is 11.6 Å². The summed E-state index contributed by atoms with van der Waals surface area (Å²) in [6.07, 6.45) is 0.902. The van der Waals surface area contributed by atoms with Gasteiger partial charge in [0.05, 0.1) is 35.5 Å². The summed E-state index contributed by atoms with van der Waals surface area (Å²) in [5.74, 6) is -0.414. The first-order valence-corrected chi connectivity index (χ1v) is 6.99. The molecule has 0 aliphatic carbocycles. The van der Waals surface area contributed by atoms with Gasteiger partial charge in [-0.2, -0.15) is 0 Å². The molecular weight excluding hydrogens is 280 g/mol. The van der Waals surface area contributed by atoms with Crippen molar-refractivity contribution in [3.8, 4) is 0 Å². The number of likely N-dealkylation sites (N-methyl/N-ethyl adjacent to an activating group) is 1. The molecule has 110 valence electrons. The third-order valence-corrected chi connectivity index (χ3v) is 3.68. The van der Waals surface area contributed by atoms with E-state index in [9.17, 15) is 4.79 Å². The Kier molecular flexibility index (Phi) is 4.73. The van der Waals surface area contributed by atoms with Gasteiger partial charge in [0.1, 0.15) is 0 Å². The second-order valence-corrected chi connectivity index (χ2v) is 5.15. The molecule has 0 aromatic heterocycles. The topological polar surface area (TPSA) is 64.8 Å². The Morgan fingerprint density at radius 1 is 1.60 bits per heavy atom. The lowest BCUT2D eigenvalue weighted by atomic mass is 10.1. The Morgan fingerprint density at radius 3 is 2.95 bits per heavy atom. The van der Waals surface area contributed by atoms with Crippen LogP contribution in [0.3, 0.4) is 0 Å². The van der Waals surface area contributed by atoms with Gasteiger partial charge in [0.15, 0.2) is 0 Å². The quantitative estimate of drug-likeness (QED) is 0.683. The maximum Gasteiger partial charge on any atom is 0.340 e. The van der Waals surface area contributed by atoms with Crippen LogP contribution in [0.2, 0.25) is 5.02 Å². The zero-order chi connectivity index (χ0) is 14.7. The van der Waals surface area contributed by atoms with Gasteiger partial charge < -0.3 is 20.1 Å². The Labute approximate surface area is 123 Å². The Bertz CT molecular complexity index is 501. The molecule has 2 N–H and O–H groups in total. The fourth-order valence-electron chi connectivity index (χ4n) is 2.35. The van der Waals surface area contributed by atoms with E-state index in [1.54, 1.807) is 19.1 Å². The molecule has 1 heterocycles. The lowest BCUT2D eigenvalue weighted by molar-refractivity contribution is 0.0527. The van der Waals surface area contributed by atoms with Crippen molar-refractivity contribution in [2.45, 2.75) is 19.4 Å². The van der Waals surface area contributed by atoms with Gasteiger partial charge in [0.25, 0.3) is 0 Å². The summed E-state index contributed by atoms with van der Waals surface area (Å²) in [5, 5.41) is 0.447. The van der Waals surface area contributed by atoms with E-state index >= 15 is 0 Å². The lowest BCUT2D eigenvalue weighted by Crippen LogP contribution is -2.33. The Hall–Kier alpha value is -1.46. The van der Waals surface area contributed by atoms with E-state index < -0.39 is 5.97 Å². The minimum atomic E-state index is -0.414. The van der Waals surface area contributed by atoms with E-state index in [1.807, 2.05) is 11.9 Å². The molecule has 1 saturated heterocycles. The van der Waals surface area contributed by atoms with Crippen LogP contribution in [0, 0.1) is 0 Å². The maximum absolute atomic E-state index is 12.1. The SMILES string of the molecule is CCOC(=O)c1cc(N)cc(Cl)c1N(C)C1CCOC1. The van der Waals surface area contributed by atoms with Crippen molar-refractivity contribution in [3.63, 3.8) is 0 Å². The zero-order valence-corrected chi connectivity index (χ0v) is 12.4. The highest BCUT2D eigenvalue weighted by molar-refractivity contribution is 6.34. The summed E-state index contributed by atoms with van der Waals surface area (Å²) in [6, 6.07) is 3.45. The average Bonchev–Trinajstić information content (AvgIpc) is 2.91. The number of nitrogens with zero attached hydrogens (tertiary/aromatic N) is 1. The van der Waals surface area contributed by atoms with Crippen LogP contribution < -0.4 is 10.6 Å². The van der Waals surface area contributed by atoms with Crippen LogP contribution in [0.1, 0.15) is 23.7 Å². The number of hydrogen-bond donors (Lipinski definition) is 1. The zero-order valence-electron chi connectivity index (χ0n) is 11.7. The third-order valence-electron chi connectivity index (χ3n) is 3.39. The Balaban J connectivity index is 2.41. The summed E-state index contributed by atoms with van der Waals surface area (Å²) in [5.41, 5.74) is 7.27. The lowest BCUT2D eigenvalue weighted by Gasteiger charge is -2.28. The van der Waals surface area contributed by atoms with Gasteiger partial charge in [-0.05, 0) is 25.5 Å². The summed E-state index contributed by atoms with van der Waals surface area (Å²) < 4.78 is 10.5. The van der Waals surface area contributed by atoms with Crippen molar-refractivity contribution in [2.24, 2.45) is 0 Å². The van der Waals surface area contributed by atoms with E-state index in [-0.39, 0.29) is 6.04 Å². The largest absolute Gasteiger partial charge is 0.462 e. The standard InChI is InChI=1S/C14H19ClN2O3/c1-3-20-14(18)11-6-9(16)7-12(15)13(11)17(2)10-4-5-19-8-10/h6-7,10H,3-5,8,16H2,1-2H3. The van der Waals surface area contributed by atoms with Crippen LogP contribution in [0.5, 0.6) is 0 Å². The molecule has 0 saturated carbocycles. The number of nitrogen functional groups attached to an aromatic ring is 1. The van der Waals surface area contributed by atoms with Gasteiger partial charge >= 0.3 is 5.97 Å². The number of anilines is 2. The maximum atomic E-state index is 12.1. The molecule has 0 spiro atoms. The van der Waals surface area contributed by atoms with Crippen molar-refractivity contribution in [1.82, 2.24) is 0 Å². The number of esters is 1. The molecule has 1 aliphatic rings. The van der Waals surface area contributed by atoms with Crippen molar-refractivity contribution < 1.29 is 14.3 Å². The second-order valence-electron chi connectivity index (χ2n) is 4.75. The van der Waals surface area contributed by atoms with E-state index in [2.05, 4.69) is 0 Å². The van der Waals surface area contributed by atoms with Gasteiger partial charge in [-0.15, -0.1) is 0 Å². The number of halogens is 1. The molecule has 0 bridgehead atoms. The monoisotopic (exact) mass is 298 g/mol. The smallest absolute Gasteiger partial charge is 0.340 e. The van der Waals surface area contributed by atoms with E-state index in [0.717, 1.165) is 13.0 Å². The number of hydrogen-bond acceptors (Lipinski definition) is 5. The fourth-order valence-corrected chi connectivity index (χ4v) is 2.71. The first-order chi connectivity index (χ1) is 9.54. The molecule has 1 aromatic carbocycles. The highest BCUT2D eigenvalue weighted by atomic mass is 35.5. The average molecular weight is 299 g/mol. The van der Waals surface area contributed by atoms with Gasteiger partial charge in [-0.1, -0.05) is 11.6 Å². The first kappa shape index (κ1) is 14.9. The summed E-state index contributed by atoms with van der Waals surface area (Å²) >= 11 is 6.28. The minimum Gasteiger partial charge on any atom is -0.462 e. The molecule has 1 atom stereocenters. The molecule has 6 heteroatoms. The van der Waals surface area contributed by atoms with Gasteiger partial charge in [-0.3, -0.25) is 0 Å². The molecule has 2 rings (SSSR count). The molecule has 1 aromatic rings. The van der Waals surface area contributed by atoms with Crippen molar-refractivity contribution in [1.29, 1.82) is 0 Å². The van der Waals surface area contributed by atoms with Crippen LogP contribution in [0.15, 0.2) is 12.1 Å². The van der Waals surface area contributed by atoms with Crippen LogP contribution in [0.4, 0.5) is 11.4 Å². The van der Waals surface area contributed by atoms with Gasteiger partial charge in [0.2, 0.25) is 0 Å². The molecular formula is C14H19ClN2O3.